The van der Waals surface area contributed by atoms with Crippen LogP contribution in [0, 0.1) is 29.9 Å². The molecule has 1 amide bonds. The van der Waals surface area contributed by atoms with E-state index in [2.05, 4.69) is 5.32 Å². The Balaban J connectivity index is 2.09. The van der Waals surface area contributed by atoms with Crippen LogP contribution in [0.3, 0.4) is 0 Å². The summed E-state index contributed by atoms with van der Waals surface area (Å²) >= 11 is 0. The second kappa shape index (κ2) is 8.24. The lowest BCUT2D eigenvalue weighted by Crippen LogP contribution is -2.34. The highest BCUT2D eigenvalue weighted by Gasteiger charge is 2.21. The minimum atomic E-state index is -1.01. The zero-order valence-corrected chi connectivity index (χ0v) is 14.6. The first-order chi connectivity index (χ1) is 12.3. The number of amides is 1. The van der Waals surface area contributed by atoms with Crippen LogP contribution < -0.4 is 5.32 Å². The van der Waals surface area contributed by atoms with Gasteiger partial charge >= 0.3 is 5.97 Å². The Bertz CT molecular complexity index is 848. The summed E-state index contributed by atoms with van der Waals surface area (Å²) in [5.74, 6) is -2.33. The summed E-state index contributed by atoms with van der Waals surface area (Å²) in [7, 11) is 0. The number of carboxylic acids is 1. The summed E-state index contributed by atoms with van der Waals surface area (Å²) < 4.78 is 0. The fourth-order valence-corrected chi connectivity index (χ4v) is 2.65. The highest BCUT2D eigenvalue weighted by Crippen LogP contribution is 2.17. The minimum Gasteiger partial charge on any atom is -0.481 e. The quantitative estimate of drug-likeness (QED) is 0.585. The smallest absolute Gasteiger partial charge is 0.308 e. The van der Waals surface area contributed by atoms with Gasteiger partial charge in [-0.25, -0.2) is 0 Å². The maximum Gasteiger partial charge on any atom is 0.308 e. The average molecular weight is 356 g/mol. The number of carbonyl (C=O) groups excluding carboxylic acids is 1. The predicted molar refractivity (Wildman–Crippen MR) is 96.2 cm³/mol. The van der Waals surface area contributed by atoms with Crippen molar-refractivity contribution in [3.8, 4) is 0 Å². The second-order valence-electron chi connectivity index (χ2n) is 6.19. The zero-order valence-electron chi connectivity index (χ0n) is 14.6. The van der Waals surface area contributed by atoms with Gasteiger partial charge in [0, 0.05) is 24.2 Å². The molecule has 1 unspecified atom stereocenters. The number of nitro groups is 1. The number of carboxylic acid groups (broad SMARTS) is 1. The molecule has 7 nitrogen and oxygen atoms in total. The highest BCUT2D eigenvalue weighted by atomic mass is 16.6. The number of hydrogen-bond acceptors (Lipinski definition) is 4. The molecule has 0 saturated carbocycles. The average Bonchev–Trinajstić information content (AvgIpc) is 2.58. The van der Waals surface area contributed by atoms with Crippen molar-refractivity contribution in [1.29, 1.82) is 0 Å². The number of nitrogens with zero attached hydrogens (tertiary/aromatic N) is 1. The molecule has 1 atom stereocenters. The number of aliphatic carboxylic acids is 1. The van der Waals surface area contributed by atoms with E-state index in [0.717, 1.165) is 11.1 Å². The van der Waals surface area contributed by atoms with Crippen molar-refractivity contribution in [3.63, 3.8) is 0 Å². The van der Waals surface area contributed by atoms with E-state index >= 15 is 0 Å². The maximum atomic E-state index is 12.3. The van der Waals surface area contributed by atoms with Gasteiger partial charge in [-0.1, -0.05) is 35.9 Å². The van der Waals surface area contributed by atoms with Gasteiger partial charge in [-0.05, 0) is 31.4 Å². The molecule has 136 valence electrons. The summed E-state index contributed by atoms with van der Waals surface area (Å²) in [6.45, 7) is 3.52. The molecule has 2 aromatic rings. The molecule has 0 radical (unpaired) electrons. The summed E-state index contributed by atoms with van der Waals surface area (Å²) in [5.41, 5.74) is 2.47. The molecule has 0 aliphatic rings. The van der Waals surface area contributed by atoms with Gasteiger partial charge < -0.3 is 10.4 Å². The van der Waals surface area contributed by atoms with Crippen LogP contribution >= 0.6 is 0 Å². The number of aryl methyl sites for hydroxylation is 2. The second-order valence-corrected chi connectivity index (χ2v) is 6.19. The van der Waals surface area contributed by atoms with E-state index in [9.17, 15) is 24.8 Å². The lowest BCUT2D eigenvalue weighted by atomic mass is 9.98. The van der Waals surface area contributed by atoms with Crippen molar-refractivity contribution in [2.45, 2.75) is 20.3 Å². The van der Waals surface area contributed by atoms with Crippen LogP contribution in [0.5, 0.6) is 0 Å². The normalized spacial score (nSPS) is 11.6. The molecule has 2 rings (SSSR count). The Morgan fingerprint density at radius 2 is 1.92 bits per heavy atom. The number of non-ortho nitro benzene ring substituents is 1. The fraction of sp³-hybridized carbons (Fsp3) is 0.263. The van der Waals surface area contributed by atoms with Crippen molar-refractivity contribution >= 4 is 17.6 Å². The summed E-state index contributed by atoms with van der Waals surface area (Å²) in [5, 5.41) is 22.9. The van der Waals surface area contributed by atoms with E-state index in [1.165, 1.54) is 18.2 Å². The van der Waals surface area contributed by atoms with Crippen molar-refractivity contribution < 1.29 is 19.6 Å². The molecule has 2 N–H and O–H groups in total. The van der Waals surface area contributed by atoms with Gasteiger partial charge in [0.15, 0.2) is 0 Å². The van der Waals surface area contributed by atoms with E-state index in [-0.39, 0.29) is 24.2 Å². The number of rotatable bonds is 7. The first-order valence-electron chi connectivity index (χ1n) is 8.09. The summed E-state index contributed by atoms with van der Waals surface area (Å²) in [6, 6.07) is 11.5. The van der Waals surface area contributed by atoms with Crippen LogP contribution in [-0.4, -0.2) is 28.5 Å². The molecule has 0 spiro atoms. The zero-order chi connectivity index (χ0) is 19.3. The van der Waals surface area contributed by atoms with Gasteiger partial charge in [-0.15, -0.1) is 0 Å². The Morgan fingerprint density at radius 3 is 2.54 bits per heavy atom. The molecule has 0 fully saturated rings. The molecular formula is C19H20N2O5. The standard InChI is InChI=1S/C19H20N2O5/c1-12-4-3-5-14(8-12)9-15(19(23)24)11-20-18(22)17-10-16(21(25)26)7-6-13(17)2/h3-8,10,15H,9,11H2,1-2H3,(H,20,22)(H,23,24). The molecule has 0 heterocycles. The van der Waals surface area contributed by atoms with E-state index in [1.54, 1.807) is 6.92 Å². The van der Waals surface area contributed by atoms with Gasteiger partial charge in [0.1, 0.15) is 0 Å². The van der Waals surface area contributed by atoms with Crippen molar-refractivity contribution in [3.05, 3.63) is 74.8 Å². The molecule has 0 aliphatic heterocycles. The van der Waals surface area contributed by atoms with Crippen LogP contribution in [0.4, 0.5) is 5.69 Å². The van der Waals surface area contributed by atoms with Gasteiger partial charge in [0.05, 0.1) is 10.8 Å². The lowest BCUT2D eigenvalue weighted by molar-refractivity contribution is -0.384. The monoisotopic (exact) mass is 356 g/mol. The SMILES string of the molecule is Cc1cccc(CC(CNC(=O)c2cc([N+](=O)[O-])ccc2C)C(=O)O)c1. The Kier molecular flexibility index (Phi) is 6.06. The van der Waals surface area contributed by atoms with E-state index in [4.69, 9.17) is 0 Å². The maximum absolute atomic E-state index is 12.3. The van der Waals surface area contributed by atoms with Crippen LogP contribution in [0.15, 0.2) is 42.5 Å². The number of nitrogens with one attached hydrogen (secondary N) is 1. The molecule has 26 heavy (non-hydrogen) atoms. The highest BCUT2D eigenvalue weighted by molar-refractivity contribution is 5.96. The first kappa shape index (κ1) is 19.1. The molecule has 2 aromatic carbocycles. The van der Waals surface area contributed by atoms with Crippen molar-refractivity contribution in [1.82, 2.24) is 5.32 Å². The third-order valence-electron chi connectivity index (χ3n) is 4.10. The lowest BCUT2D eigenvalue weighted by Gasteiger charge is -2.14. The van der Waals surface area contributed by atoms with E-state index in [0.29, 0.717) is 5.56 Å². The van der Waals surface area contributed by atoms with Crippen molar-refractivity contribution in [2.24, 2.45) is 5.92 Å². The van der Waals surface area contributed by atoms with E-state index < -0.39 is 22.7 Å². The Labute approximate surface area is 150 Å². The van der Waals surface area contributed by atoms with Gasteiger partial charge in [0.25, 0.3) is 11.6 Å². The number of benzene rings is 2. The van der Waals surface area contributed by atoms with Crippen LogP contribution in [0.25, 0.3) is 0 Å². The van der Waals surface area contributed by atoms with Gasteiger partial charge in [-0.2, -0.15) is 0 Å². The third kappa shape index (κ3) is 4.89. The van der Waals surface area contributed by atoms with E-state index in [1.807, 2.05) is 31.2 Å². The predicted octanol–water partition coefficient (Wildman–Crippen LogP) is 2.88. The topological polar surface area (TPSA) is 110 Å². The van der Waals surface area contributed by atoms with Crippen LogP contribution in [0.1, 0.15) is 27.0 Å². The van der Waals surface area contributed by atoms with Crippen LogP contribution in [0.2, 0.25) is 0 Å². The number of nitro benzene ring substituents is 1. The van der Waals surface area contributed by atoms with Gasteiger partial charge in [-0.3, -0.25) is 19.7 Å². The third-order valence-corrected chi connectivity index (χ3v) is 4.10. The molecule has 0 aliphatic carbocycles. The molecule has 0 aromatic heterocycles. The summed E-state index contributed by atoms with van der Waals surface area (Å²) in [6.07, 6.45) is 0.283. The Hall–Kier alpha value is -3.22. The molecular weight excluding hydrogens is 336 g/mol. The largest absolute Gasteiger partial charge is 0.481 e. The molecule has 0 bridgehead atoms. The molecule has 7 heteroatoms. The Morgan fingerprint density at radius 1 is 1.19 bits per heavy atom. The first-order valence-corrected chi connectivity index (χ1v) is 8.09. The summed E-state index contributed by atoms with van der Waals surface area (Å²) in [4.78, 5) is 34.1. The fourth-order valence-electron chi connectivity index (χ4n) is 2.65. The van der Waals surface area contributed by atoms with Crippen LogP contribution in [-0.2, 0) is 11.2 Å². The van der Waals surface area contributed by atoms with Gasteiger partial charge in [0.2, 0.25) is 0 Å². The minimum absolute atomic E-state index is 0.0652. The molecule has 0 saturated heterocycles. The number of hydrogen-bond donors (Lipinski definition) is 2. The number of carbonyl (C=O) groups is 2. The van der Waals surface area contributed by atoms with Crippen molar-refractivity contribution in [2.75, 3.05) is 6.54 Å².